The fourth-order valence-corrected chi connectivity index (χ4v) is 4.92. The van der Waals surface area contributed by atoms with E-state index in [-0.39, 0.29) is 12.1 Å². The SMILES string of the molecule is Cc1cc2c(oc3nc(F)ccc32)c(C2=CC(CC(C)(C)C(F)(F)F)=C3CC=CC=C3N2C)c1C. The summed E-state index contributed by atoms with van der Waals surface area (Å²) in [6.45, 7) is 6.43. The fraction of sp³-hybridized carbons (Fsp3) is 0.321. The van der Waals surface area contributed by atoms with Gasteiger partial charge in [-0.05, 0) is 79.3 Å². The van der Waals surface area contributed by atoms with Gasteiger partial charge in [-0.1, -0.05) is 26.0 Å². The molecule has 3 nitrogen and oxygen atoms in total. The van der Waals surface area contributed by atoms with Gasteiger partial charge in [0.2, 0.25) is 11.7 Å². The molecule has 7 heteroatoms. The first kappa shape index (κ1) is 23.4. The maximum atomic E-state index is 13.9. The van der Waals surface area contributed by atoms with E-state index in [2.05, 4.69) is 4.98 Å². The number of hydrogen-bond acceptors (Lipinski definition) is 3. The number of pyridine rings is 1. The number of nitrogens with zero attached hydrogens (tertiary/aromatic N) is 2. The molecule has 0 amide bonds. The van der Waals surface area contributed by atoms with Gasteiger partial charge in [-0.2, -0.15) is 22.5 Å². The van der Waals surface area contributed by atoms with Gasteiger partial charge in [0.05, 0.1) is 11.1 Å². The van der Waals surface area contributed by atoms with Gasteiger partial charge in [0.15, 0.2) is 0 Å². The minimum Gasteiger partial charge on any atom is -0.437 e. The molecule has 0 bridgehead atoms. The lowest BCUT2D eigenvalue weighted by Gasteiger charge is -2.37. The predicted octanol–water partition coefficient (Wildman–Crippen LogP) is 8.14. The number of fused-ring (bicyclic) bond motifs is 4. The number of furan rings is 1. The monoisotopic (exact) mass is 482 g/mol. The molecule has 0 saturated carbocycles. The summed E-state index contributed by atoms with van der Waals surface area (Å²) in [6, 6.07) is 4.93. The van der Waals surface area contributed by atoms with Gasteiger partial charge in [-0.25, -0.2) is 0 Å². The second kappa shape index (κ2) is 7.83. The summed E-state index contributed by atoms with van der Waals surface area (Å²) < 4.78 is 61.5. The number of rotatable bonds is 3. The van der Waals surface area contributed by atoms with Crippen LogP contribution in [0.2, 0.25) is 0 Å². The van der Waals surface area contributed by atoms with Crippen LogP contribution in [0.4, 0.5) is 17.6 Å². The molecule has 0 saturated heterocycles. The van der Waals surface area contributed by atoms with Crippen molar-refractivity contribution in [1.82, 2.24) is 9.88 Å². The molecule has 1 aromatic carbocycles. The number of allylic oxidation sites excluding steroid dienone is 6. The van der Waals surface area contributed by atoms with E-state index in [9.17, 15) is 17.6 Å². The van der Waals surface area contributed by atoms with Gasteiger partial charge in [-0.3, -0.25) is 0 Å². The highest BCUT2D eigenvalue weighted by atomic mass is 19.4. The first-order valence-electron chi connectivity index (χ1n) is 11.5. The van der Waals surface area contributed by atoms with Crippen LogP contribution < -0.4 is 0 Å². The van der Waals surface area contributed by atoms with E-state index >= 15 is 0 Å². The van der Waals surface area contributed by atoms with Gasteiger partial charge in [0, 0.05) is 29.1 Å². The number of hydrogen-bond donors (Lipinski definition) is 0. The van der Waals surface area contributed by atoms with Crippen molar-refractivity contribution in [3.8, 4) is 0 Å². The van der Waals surface area contributed by atoms with Crippen molar-refractivity contribution in [2.45, 2.75) is 46.7 Å². The normalized spacial score (nSPS) is 16.8. The largest absolute Gasteiger partial charge is 0.437 e. The Kier molecular flexibility index (Phi) is 5.24. The first-order valence-corrected chi connectivity index (χ1v) is 11.5. The van der Waals surface area contributed by atoms with Gasteiger partial charge in [0.1, 0.15) is 5.58 Å². The van der Waals surface area contributed by atoms with Crippen molar-refractivity contribution in [3.63, 3.8) is 0 Å². The Morgan fingerprint density at radius 1 is 1.09 bits per heavy atom. The third-order valence-electron chi connectivity index (χ3n) is 7.21. The first-order chi connectivity index (χ1) is 16.4. The summed E-state index contributed by atoms with van der Waals surface area (Å²) in [6.07, 6.45) is 3.77. The number of benzene rings is 1. The predicted molar refractivity (Wildman–Crippen MR) is 130 cm³/mol. The Hall–Kier alpha value is -3.35. The van der Waals surface area contributed by atoms with Gasteiger partial charge >= 0.3 is 6.18 Å². The van der Waals surface area contributed by atoms with Crippen LogP contribution in [0.3, 0.4) is 0 Å². The van der Waals surface area contributed by atoms with E-state index in [1.165, 1.54) is 19.9 Å². The second-order valence-corrected chi connectivity index (χ2v) is 9.99. The molecule has 5 rings (SSSR count). The van der Waals surface area contributed by atoms with Crippen LogP contribution in [-0.4, -0.2) is 23.1 Å². The summed E-state index contributed by atoms with van der Waals surface area (Å²) >= 11 is 0. The number of aryl methyl sites for hydroxylation is 1. The molecule has 0 fully saturated rings. The summed E-state index contributed by atoms with van der Waals surface area (Å²) in [4.78, 5) is 5.92. The average Bonchev–Trinajstić information content (AvgIpc) is 3.13. The highest BCUT2D eigenvalue weighted by molar-refractivity contribution is 6.08. The maximum Gasteiger partial charge on any atom is 0.394 e. The molecule has 3 aromatic rings. The lowest BCUT2D eigenvalue weighted by atomic mass is 9.79. The third-order valence-corrected chi connectivity index (χ3v) is 7.21. The van der Waals surface area contributed by atoms with Crippen LogP contribution in [0, 0.1) is 25.2 Å². The molecule has 0 spiro atoms. The molecule has 2 aliphatic rings. The van der Waals surface area contributed by atoms with Crippen molar-refractivity contribution >= 4 is 27.8 Å². The van der Waals surface area contributed by atoms with Crippen molar-refractivity contribution in [1.29, 1.82) is 0 Å². The van der Waals surface area contributed by atoms with E-state index in [1.54, 1.807) is 6.07 Å². The Labute approximate surface area is 201 Å². The maximum absolute atomic E-state index is 13.9. The van der Waals surface area contributed by atoms with E-state index in [0.717, 1.165) is 39.0 Å². The van der Waals surface area contributed by atoms with E-state index in [1.807, 2.05) is 56.2 Å². The van der Waals surface area contributed by atoms with Crippen molar-refractivity contribution in [2.75, 3.05) is 7.05 Å². The number of alkyl halides is 3. The molecule has 0 atom stereocenters. The zero-order valence-corrected chi connectivity index (χ0v) is 20.3. The molecule has 0 unspecified atom stereocenters. The zero-order valence-electron chi connectivity index (χ0n) is 20.3. The van der Waals surface area contributed by atoms with Crippen molar-refractivity contribution in [2.24, 2.45) is 5.41 Å². The smallest absolute Gasteiger partial charge is 0.394 e. The Balaban J connectivity index is 1.78. The molecule has 1 aliphatic carbocycles. The number of likely N-dealkylation sites (N-methyl/N-ethyl adjacent to an activating group) is 1. The topological polar surface area (TPSA) is 29.3 Å². The molecule has 35 heavy (non-hydrogen) atoms. The molecular weight excluding hydrogens is 456 g/mol. The molecule has 2 aromatic heterocycles. The zero-order chi connectivity index (χ0) is 25.3. The highest BCUT2D eigenvalue weighted by Crippen LogP contribution is 2.48. The molecule has 0 radical (unpaired) electrons. The van der Waals surface area contributed by atoms with Crippen molar-refractivity contribution < 1.29 is 22.0 Å². The Bertz CT molecular complexity index is 1500. The highest BCUT2D eigenvalue weighted by Gasteiger charge is 2.48. The summed E-state index contributed by atoms with van der Waals surface area (Å²) in [7, 11) is 1.91. The molecule has 1 aliphatic heterocycles. The molecular formula is C28H26F4N2O. The number of aromatic nitrogens is 1. The Morgan fingerprint density at radius 2 is 1.83 bits per heavy atom. The van der Waals surface area contributed by atoms with Gasteiger partial charge in [-0.15, -0.1) is 0 Å². The van der Waals surface area contributed by atoms with Crippen molar-refractivity contribution in [3.05, 3.63) is 82.0 Å². The summed E-state index contributed by atoms with van der Waals surface area (Å²) in [5.74, 6) is -0.635. The minimum atomic E-state index is -4.34. The summed E-state index contributed by atoms with van der Waals surface area (Å²) in [5.41, 5.74) is 4.73. The Morgan fingerprint density at radius 3 is 2.54 bits per heavy atom. The van der Waals surface area contributed by atoms with Crippen LogP contribution in [0.1, 0.15) is 43.4 Å². The van der Waals surface area contributed by atoms with E-state index in [0.29, 0.717) is 23.0 Å². The van der Waals surface area contributed by atoms with Crippen LogP contribution in [0.25, 0.3) is 27.8 Å². The van der Waals surface area contributed by atoms with Gasteiger partial charge < -0.3 is 9.32 Å². The molecule has 3 heterocycles. The number of halogens is 4. The van der Waals surface area contributed by atoms with Gasteiger partial charge in [0.25, 0.3) is 0 Å². The standard InChI is InChI=1S/C28H26F4N2O/c1-15-12-20-19-10-11-23(29)33-26(19)35-25(20)24(16(15)2)22-13-17(14-27(3,4)28(30,31)32)18-8-6-7-9-21(18)34(22)5/h6-7,9-13H,8,14H2,1-5H3. The minimum absolute atomic E-state index is 0.144. The molecule has 182 valence electrons. The van der Waals surface area contributed by atoms with Crippen LogP contribution in [-0.2, 0) is 0 Å². The van der Waals surface area contributed by atoms with Crippen LogP contribution in [0.15, 0.2) is 63.8 Å². The quantitative estimate of drug-likeness (QED) is 0.279. The van der Waals surface area contributed by atoms with E-state index < -0.39 is 17.5 Å². The fourth-order valence-electron chi connectivity index (χ4n) is 4.92. The van der Waals surface area contributed by atoms with Crippen LogP contribution in [0.5, 0.6) is 0 Å². The van der Waals surface area contributed by atoms with E-state index in [4.69, 9.17) is 4.42 Å². The third kappa shape index (κ3) is 3.68. The summed E-state index contributed by atoms with van der Waals surface area (Å²) in [5, 5.41) is 1.49. The second-order valence-electron chi connectivity index (χ2n) is 9.99. The lowest BCUT2D eigenvalue weighted by Crippen LogP contribution is -2.33. The average molecular weight is 483 g/mol. The van der Waals surface area contributed by atoms with Crippen LogP contribution >= 0.6 is 0 Å². The molecule has 0 N–H and O–H groups in total. The lowest BCUT2D eigenvalue weighted by molar-refractivity contribution is -0.210.